The lowest BCUT2D eigenvalue weighted by atomic mass is 10.2. The minimum Gasteiger partial charge on any atom is -0.266 e. The molecule has 0 spiro atoms. The molecule has 1 amide bonds. The Bertz CT molecular complexity index is 1140. The molecule has 1 aliphatic rings. The van der Waals surface area contributed by atoms with E-state index in [0.717, 1.165) is 11.1 Å². The third kappa shape index (κ3) is 4.73. The van der Waals surface area contributed by atoms with E-state index in [-0.39, 0.29) is 5.91 Å². The van der Waals surface area contributed by atoms with E-state index in [1.54, 1.807) is 29.2 Å². The molecule has 3 nitrogen and oxygen atoms in total. The second-order valence-corrected chi connectivity index (χ2v) is 8.71. The number of carbonyl (C=O) groups is 1. The highest BCUT2D eigenvalue weighted by molar-refractivity contribution is 8.13. The maximum absolute atomic E-state index is 13.2. The van der Waals surface area contributed by atoms with Crippen LogP contribution >= 0.6 is 46.6 Å². The number of benzene rings is 3. The highest BCUT2D eigenvalue weighted by Crippen LogP contribution is 2.34. The van der Waals surface area contributed by atoms with Crippen molar-refractivity contribution in [3.05, 3.63) is 105 Å². The summed E-state index contributed by atoms with van der Waals surface area (Å²) in [5, 5.41) is 2.37. The topological polar surface area (TPSA) is 32.7 Å². The van der Waals surface area contributed by atoms with Crippen LogP contribution in [0.1, 0.15) is 11.1 Å². The van der Waals surface area contributed by atoms with Crippen LogP contribution in [0.25, 0.3) is 6.08 Å². The number of aliphatic imine (C=N–C) groups is 1. The number of para-hydroxylation sites is 1. The van der Waals surface area contributed by atoms with Crippen LogP contribution in [0.2, 0.25) is 15.1 Å². The lowest BCUT2D eigenvalue weighted by Gasteiger charge is -2.19. The third-order valence-electron chi connectivity index (χ3n) is 4.38. The SMILES string of the molecule is O=C1/C(=C/c2ccc(Cl)cc2)N=C(SCc2ccc(Cl)cc2)N1c1ccccc1Cl. The minimum atomic E-state index is -0.225. The van der Waals surface area contributed by atoms with Gasteiger partial charge in [-0.3, -0.25) is 9.69 Å². The van der Waals surface area contributed by atoms with Crippen molar-refractivity contribution in [2.24, 2.45) is 4.99 Å². The summed E-state index contributed by atoms with van der Waals surface area (Å²) in [6.45, 7) is 0. The Kier molecular flexibility index (Phi) is 6.49. The average molecular weight is 474 g/mol. The standard InChI is InChI=1S/C23H15Cl3N2OS/c24-17-9-5-15(6-10-17)13-20-22(29)28(21-4-2-1-3-19(21)26)23(27-20)30-14-16-7-11-18(25)12-8-16/h1-13H,14H2/b20-13-. The Morgan fingerprint density at radius 3 is 2.17 bits per heavy atom. The van der Waals surface area contributed by atoms with Gasteiger partial charge in [0.2, 0.25) is 0 Å². The van der Waals surface area contributed by atoms with Crippen molar-refractivity contribution in [2.75, 3.05) is 4.90 Å². The van der Waals surface area contributed by atoms with Crippen LogP contribution in [-0.2, 0) is 10.5 Å². The quantitative estimate of drug-likeness (QED) is 0.372. The zero-order valence-corrected chi connectivity index (χ0v) is 18.6. The van der Waals surface area contributed by atoms with E-state index in [1.165, 1.54) is 11.8 Å². The number of hydrogen-bond donors (Lipinski definition) is 0. The summed E-state index contributed by atoms with van der Waals surface area (Å²) in [5.41, 5.74) is 2.87. The second kappa shape index (κ2) is 9.27. The largest absolute Gasteiger partial charge is 0.283 e. The van der Waals surface area contributed by atoms with Crippen LogP contribution in [0.5, 0.6) is 0 Å². The predicted octanol–water partition coefficient (Wildman–Crippen LogP) is 7.32. The van der Waals surface area contributed by atoms with E-state index in [4.69, 9.17) is 34.8 Å². The predicted molar refractivity (Wildman–Crippen MR) is 129 cm³/mol. The summed E-state index contributed by atoms with van der Waals surface area (Å²) in [5.74, 6) is 0.412. The summed E-state index contributed by atoms with van der Waals surface area (Å²) in [6, 6.07) is 22.1. The van der Waals surface area contributed by atoms with Crippen LogP contribution < -0.4 is 4.90 Å². The van der Waals surface area contributed by atoms with Crippen LogP contribution in [-0.4, -0.2) is 11.1 Å². The number of rotatable bonds is 4. The summed E-state index contributed by atoms with van der Waals surface area (Å²) >= 11 is 19.8. The summed E-state index contributed by atoms with van der Waals surface area (Å²) in [7, 11) is 0. The summed E-state index contributed by atoms with van der Waals surface area (Å²) in [4.78, 5) is 19.4. The maximum Gasteiger partial charge on any atom is 0.283 e. The fourth-order valence-corrected chi connectivity index (χ4v) is 4.32. The van der Waals surface area contributed by atoms with E-state index in [0.29, 0.717) is 37.4 Å². The lowest BCUT2D eigenvalue weighted by molar-refractivity contribution is -0.113. The molecule has 1 aliphatic heterocycles. The Morgan fingerprint density at radius 1 is 0.867 bits per heavy atom. The Morgan fingerprint density at radius 2 is 1.50 bits per heavy atom. The van der Waals surface area contributed by atoms with Crippen molar-refractivity contribution >= 4 is 69.4 Å². The van der Waals surface area contributed by atoms with E-state index < -0.39 is 0 Å². The van der Waals surface area contributed by atoms with Gasteiger partial charge in [-0.15, -0.1) is 0 Å². The van der Waals surface area contributed by atoms with Crippen LogP contribution in [0.3, 0.4) is 0 Å². The molecule has 0 radical (unpaired) electrons. The maximum atomic E-state index is 13.2. The molecule has 4 rings (SSSR count). The van der Waals surface area contributed by atoms with Crippen molar-refractivity contribution in [3.8, 4) is 0 Å². The van der Waals surface area contributed by atoms with Gasteiger partial charge in [0.1, 0.15) is 5.70 Å². The van der Waals surface area contributed by atoms with Gasteiger partial charge >= 0.3 is 0 Å². The van der Waals surface area contributed by atoms with Crippen LogP contribution in [0, 0.1) is 0 Å². The normalized spacial score (nSPS) is 15.0. The molecule has 0 saturated heterocycles. The molecule has 0 saturated carbocycles. The van der Waals surface area contributed by atoms with Crippen molar-refractivity contribution < 1.29 is 4.79 Å². The first-order valence-corrected chi connectivity index (χ1v) is 11.2. The molecule has 1 heterocycles. The number of amidine groups is 1. The molecule has 0 N–H and O–H groups in total. The molecule has 7 heteroatoms. The first kappa shape index (κ1) is 21.0. The van der Waals surface area contributed by atoms with Gasteiger partial charge in [0.15, 0.2) is 5.17 Å². The zero-order chi connectivity index (χ0) is 21.1. The van der Waals surface area contributed by atoms with Gasteiger partial charge in [0, 0.05) is 15.8 Å². The highest BCUT2D eigenvalue weighted by Gasteiger charge is 2.33. The molecule has 0 aliphatic carbocycles. The fraction of sp³-hybridized carbons (Fsp3) is 0.0435. The van der Waals surface area contributed by atoms with Gasteiger partial charge in [0.05, 0.1) is 10.7 Å². The minimum absolute atomic E-state index is 0.225. The Labute approximate surface area is 194 Å². The molecule has 3 aromatic rings. The molecule has 30 heavy (non-hydrogen) atoms. The third-order valence-corrected chi connectivity index (χ3v) is 6.21. The molecule has 0 fully saturated rings. The molecule has 0 bridgehead atoms. The zero-order valence-electron chi connectivity index (χ0n) is 15.6. The highest BCUT2D eigenvalue weighted by atomic mass is 35.5. The van der Waals surface area contributed by atoms with Crippen molar-refractivity contribution in [2.45, 2.75) is 5.75 Å². The van der Waals surface area contributed by atoms with E-state index in [9.17, 15) is 4.79 Å². The molecule has 150 valence electrons. The smallest absolute Gasteiger partial charge is 0.266 e. The molecule has 0 aromatic heterocycles. The van der Waals surface area contributed by atoms with Gasteiger partial charge in [-0.25, -0.2) is 4.99 Å². The molecule has 3 aromatic carbocycles. The number of amides is 1. The molecular formula is C23H15Cl3N2OS. The van der Waals surface area contributed by atoms with Gasteiger partial charge < -0.3 is 0 Å². The number of thioether (sulfide) groups is 1. The first-order chi connectivity index (χ1) is 14.5. The van der Waals surface area contributed by atoms with Crippen molar-refractivity contribution in [1.29, 1.82) is 0 Å². The summed E-state index contributed by atoms with van der Waals surface area (Å²) < 4.78 is 0. The lowest BCUT2D eigenvalue weighted by Crippen LogP contribution is -2.30. The number of carbonyl (C=O) groups excluding carboxylic acids is 1. The molecule has 0 atom stereocenters. The fourth-order valence-electron chi connectivity index (χ4n) is 2.88. The number of hydrogen-bond acceptors (Lipinski definition) is 3. The van der Waals surface area contributed by atoms with E-state index in [2.05, 4.69) is 4.99 Å². The first-order valence-electron chi connectivity index (χ1n) is 9.03. The molecular weight excluding hydrogens is 459 g/mol. The Balaban J connectivity index is 1.67. The number of nitrogens with zero attached hydrogens (tertiary/aromatic N) is 2. The van der Waals surface area contributed by atoms with E-state index >= 15 is 0 Å². The van der Waals surface area contributed by atoms with E-state index in [1.807, 2.05) is 54.6 Å². The monoisotopic (exact) mass is 472 g/mol. The summed E-state index contributed by atoms with van der Waals surface area (Å²) in [6.07, 6.45) is 1.75. The Hall–Kier alpha value is -2.24. The van der Waals surface area contributed by atoms with Gasteiger partial charge in [0.25, 0.3) is 5.91 Å². The molecule has 0 unspecified atom stereocenters. The van der Waals surface area contributed by atoms with Crippen molar-refractivity contribution in [1.82, 2.24) is 0 Å². The average Bonchev–Trinajstić information content (AvgIpc) is 3.05. The van der Waals surface area contributed by atoms with Gasteiger partial charge in [-0.2, -0.15) is 0 Å². The van der Waals surface area contributed by atoms with Crippen LogP contribution in [0.4, 0.5) is 5.69 Å². The number of halogens is 3. The second-order valence-electron chi connectivity index (χ2n) is 6.48. The van der Waals surface area contributed by atoms with Crippen LogP contribution in [0.15, 0.2) is 83.5 Å². The van der Waals surface area contributed by atoms with Gasteiger partial charge in [-0.1, -0.05) is 83.0 Å². The number of anilines is 1. The van der Waals surface area contributed by atoms with Crippen molar-refractivity contribution in [3.63, 3.8) is 0 Å². The van der Waals surface area contributed by atoms with Gasteiger partial charge in [-0.05, 0) is 53.6 Å².